The first-order chi connectivity index (χ1) is 9.83. The molecule has 2 aliphatic rings. The molecule has 3 nitrogen and oxygen atoms in total. The number of nitrogens with one attached hydrogen (secondary N) is 1. The summed E-state index contributed by atoms with van der Waals surface area (Å²) in [6.45, 7) is 2.03. The average molecular weight is 306 g/mol. The summed E-state index contributed by atoms with van der Waals surface area (Å²) in [7, 11) is 0. The number of nitrogens with zero attached hydrogens (tertiary/aromatic N) is 1. The van der Waals surface area contributed by atoms with Crippen LogP contribution in [0.3, 0.4) is 0 Å². The molecule has 4 heterocycles. The van der Waals surface area contributed by atoms with Crippen molar-refractivity contribution in [1.29, 1.82) is 0 Å². The summed E-state index contributed by atoms with van der Waals surface area (Å²) >= 11 is 3.36. The number of amides is 1. The summed E-state index contributed by atoms with van der Waals surface area (Å²) in [6, 6.07) is 5.11. The maximum atomic E-state index is 12.8. The molecule has 2 aliphatic heterocycles. The Hall–Kier alpha value is -0.910. The molecule has 0 aliphatic carbocycles. The SMILES string of the molecule is O=C(c1cc2sccc2s1)N1CCCC1C1CCCN1. The van der Waals surface area contributed by atoms with Gasteiger partial charge in [0.25, 0.3) is 5.91 Å². The summed E-state index contributed by atoms with van der Waals surface area (Å²) in [5.41, 5.74) is 0. The van der Waals surface area contributed by atoms with Crippen LogP contribution in [0.4, 0.5) is 0 Å². The van der Waals surface area contributed by atoms with E-state index >= 15 is 0 Å². The van der Waals surface area contributed by atoms with Gasteiger partial charge in [0.15, 0.2) is 0 Å². The lowest BCUT2D eigenvalue weighted by Gasteiger charge is -2.29. The van der Waals surface area contributed by atoms with Crippen molar-refractivity contribution < 1.29 is 4.79 Å². The van der Waals surface area contributed by atoms with Gasteiger partial charge in [-0.15, -0.1) is 22.7 Å². The average Bonchev–Trinajstić information content (AvgIpc) is 3.19. The molecule has 2 aromatic rings. The van der Waals surface area contributed by atoms with E-state index in [4.69, 9.17) is 0 Å². The molecule has 2 fully saturated rings. The third-order valence-corrected chi connectivity index (χ3v) is 6.55. The van der Waals surface area contributed by atoms with Gasteiger partial charge in [0.1, 0.15) is 0 Å². The third-order valence-electron chi connectivity index (χ3n) is 4.47. The van der Waals surface area contributed by atoms with E-state index in [0.717, 1.165) is 30.8 Å². The highest BCUT2D eigenvalue weighted by atomic mass is 32.1. The summed E-state index contributed by atoms with van der Waals surface area (Å²) in [5, 5.41) is 5.66. The van der Waals surface area contributed by atoms with Gasteiger partial charge >= 0.3 is 0 Å². The minimum Gasteiger partial charge on any atom is -0.333 e. The van der Waals surface area contributed by atoms with Gasteiger partial charge in [-0.1, -0.05) is 0 Å². The Morgan fingerprint density at radius 2 is 2.25 bits per heavy atom. The Bertz CT molecular complexity index is 598. The van der Waals surface area contributed by atoms with Crippen LogP contribution in [0.2, 0.25) is 0 Å². The van der Waals surface area contributed by atoms with Gasteiger partial charge in [-0.2, -0.15) is 0 Å². The zero-order chi connectivity index (χ0) is 13.5. The Labute approximate surface area is 126 Å². The van der Waals surface area contributed by atoms with Gasteiger partial charge in [-0.25, -0.2) is 0 Å². The molecule has 0 aromatic carbocycles. The minimum atomic E-state index is 0.245. The number of thiophene rings is 2. The molecule has 106 valence electrons. The van der Waals surface area contributed by atoms with Crippen LogP contribution in [0.5, 0.6) is 0 Å². The van der Waals surface area contributed by atoms with Gasteiger partial charge < -0.3 is 10.2 Å². The molecular weight excluding hydrogens is 288 g/mol. The molecule has 2 atom stereocenters. The lowest BCUT2D eigenvalue weighted by Crippen LogP contribution is -2.46. The second-order valence-corrected chi connectivity index (χ2v) is 7.70. The standard InChI is InChI=1S/C15H18N2OS2/c18-15(14-9-13-12(20-14)5-8-19-13)17-7-2-4-11(17)10-3-1-6-16-10/h5,8-11,16H,1-4,6-7H2. The van der Waals surface area contributed by atoms with E-state index in [1.54, 1.807) is 22.7 Å². The Kier molecular flexibility index (Phi) is 3.28. The van der Waals surface area contributed by atoms with E-state index < -0.39 is 0 Å². The quantitative estimate of drug-likeness (QED) is 0.923. The van der Waals surface area contributed by atoms with E-state index in [-0.39, 0.29) is 5.91 Å². The maximum absolute atomic E-state index is 12.8. The minimum absolute atomic E-state index is 0.245. The largest absolute Gasteiger partial charge is 0.333 e. The highest BCUT2D eigenvalue weighted by molar-refractivity contribution is 7.27. The molecule has 0 radical (unpaired) electrons. The van der Waals surface area contributed by atoms with Crippen LogP contribution in [0, 0.1) is 0 Å². The van der Waals surface area contributed by atoms with E-state index in [9.17, 15) is 4.79 Å². The highest BCUT2D eigenvalue weighted by Gasteiger charge is 2.36. The fourth-order valence-electron chi connectivity index (χ4n) is 3.52. The summed E-state index contributed by atoms with van der Waals surface area (Å²) < 4.78 is 2.49. The van der Waals surface area contributed by atoms with Gasteiger partial charge in [0, 0.05) is 28.0 Å². The number of rotatable bonds is 2. The van der Waals surface area contributed by atoms with E-state index in [1.807, 2.05) is 0 Å². The monoisotopic (exact) mass is 306 g/mol. The predicted octanol–water partition coefficient (Wildman–Crippen LogP) is 3.32. The summed E-state index contributed by atoms with van der Waals surface area (Å²) in [5.74, 6) is 0.245. The lowest BCUT2D eigenvalue weighted by atomic mass is 10.0. The zero-order valence-electron chi connectivity index (χ0n) is 11.3. The van der Waals surface area contributed by atoms with Crippen molar-refractivity contribution in [3.63, 3.8) is 0 Å². The number of carbonyl (C=O) groups excluding carboxylic acids is 1. The van der Waals surface area contributed by atoms with Gasteiger partial charge in [-0.3, -0.25) is 4.79 Å². The Morgan fingerprint density at radius 3 is 3.05 bits per heavy atom. The summed E-state index contributed by atoms with van der Waals surface area (Å²) in [6.07, 6.45) is 4.77. The molecule has 2 aromatic heterocycles. The highest BCUT2D eigenvalue weighted by Crippen LogP contribution is 2.33. The first kappa shape index (κ1) is 12.8. The molecule has 0 bridgehead atoms. The molecule has 2 unspecified atom stereocenters. The Balaban J connectivity index is 1.58. The van der Waals surface area contributed by atoms with E-state index in [0.29, 0.717) is 12.1 Å². The molecule has 5 heteroatoms. The molecule has 1 N–H and O–H groups in total. The number of hydrogen-bond donors (Lipinski definition) is 1. The summed E-state index contributed by atoms with van der Waals surface area (Å²) in [4.78, 5) is 15.8. The van der Waals surface area contributed by atoms with Crippen LogP contribution in [-0.2, 0) is 0 Å². The fraction of sp³-hybridized carbons (Fsp3) is 0.533. The van der Waals surface area contributed by atoms with Crippen molar-refractivity contribution in [3.05, 3.63) is 22.4 Å². The number of likely N-dealkylation sites (tertiary alicyclic amines) is 1. The van der Waals surface area contributed by atoms with Gasteiger partial charge in [0.05, 0.1) is 4.88 Å². The molecule has 2 saturated heterocycles. The number of fused-ring (bicyclic) bond motifs is 1. The molecule has 1 amide bonds. The first-order valence-electron chi connectivity index (χ1n) is 7.34. The van der Waals surface area contributed by atoms with Gasteiger partial charge in [-0.05, 0) is 49.7 Å². The van der Waals surface area contributed by atoms with Gasteiger partial charge in [0.2, 0.25) is 0 Å². The third kappa shape index (κ3) is 2.08. The molecular formula is C15H18N2OS2. The lowest BCUT2D eigenvalue weighted by molar-refractivity contribution is 0.0716. The van der Waals surface area contributed by atoms with Crippen molar-refractivity contribution in [3.8, 4) is 0 Å². The van der Waals surface area contributed by atoms with Crippen molar-refractivity contribution in [2.24, 2.45) is 0 Å². The smallest absolute Gasteiger partial charge is 0.264 e. The predicted molar refractivity (Wildman–Crippen MR) is 84.8 cm³/mol. The van der Waals surface area contributed by atoms with Crippen LogP contribution in [0.1, 0.15) is 35.4 Å². The van der Waals surface area contributed by atoms with E-state index in [2.05, 4.69) is 27.7 Å². The zero-order valence-corrected chi connectivity index (χ0v) is 12.9. The van der Waals surface area contributed by atoms with Crippen molar-refractivity contribution in [2.45, 2.75) is 37.8 Å². The topological polar surface area (TPSA) is 32.3 Å². The van der Waals surface area contributed by atoms with Crippen LogP contribution in [-0.4, -0.2) is 36.0 Å². The van der Waals surface area contributed by atoms with Crippen molar-refractivity contribution >= 4 is 38.0 Å². The normalized spacial score (nSPS) is 26.7. The second kappa shape index (κ2) is 5.13. The first-order valence-corrected chi connectivity index (χ1v) is 9.04. The van der Waals surface area contributed by atoms with Crippen LogP contribution in [0.15, 0.2) is 17.5 Å². The van der Waals surface area contributed by atoms with Crippen LogP contribution < -0.4 is 5.32 Å². The number of hydrogen-bond acceptors (Lipinski definition) is 4. The van der Waals surface area contributed by atoms with E-state index in [1.165, 1.54) is 22.2 Å². The fourth-order valence-corrected chi connectivity index (χ4v) is 5.58. The molecule has 4 rings (SSSR count). The Morgan fingerprint density at radius 1 is 1.30 bits per heavy atom. The van der Waals surface area contributed by atoms with Crippen molar-refractivity contribution in [2.75, 3.05) is 13.1 Å². The molecule has 0 saturated carbocycles. The van der Waals surface area contributed by atoms with Crippen molar-refractivity contribution in [1.82, 2.24) is 10.2 Å². The maximum Gasteiger partial charge on any atom is 0.264 e. The van der Waals surface area contributed by atoms with Crippen LogP contribution >= 0.6 is 22.7 Å². The van der Waals surface area contributed by atoms with Crippen LogP contribution in [0.25, 0.3) is 9.40 Å². The molecule has 20 heavy (non-hydrogen) atoms. The number of carbonyl (C=O) groups is 1. The second-order valence-electron chi connectivity index (χ2n) is 5.67. The molecule has 0 spiro atoms.